The molecule has 3 rings (SSSR count). The minimum Gasteiger partial charge on any atom is -0.489 e. The Kier molecular flexibility index (Phi) is 6.28. The zero-order chi connectivity index (χ0) is 21.0. The van der Waals surface area contributed by atoms with Gasteiger partial charge in [-0.2, -0.15) is 0 Å². The van der Waals surface area contributed by atoms with Crippen LogP contribution < -0.4 is 10.1 Å². The van der Waals surface area contributed by atoms with Gasteiger partial charge in [0.05, 0.1) is 11.3 Å². The number of halogens is 1. The van der Waals surface area contributed by atoms with Crippen LogP contribution in [0.5, 0.6) is 5.75 Å². The molecule has 0 atom stereocenters. The van der Waals surface area contributed by atoms with Crippen LogP contribution in [0.15, 0.2) is 53.1 Å². The van der Waals surface area contributed by atoms with Crippen LogP contribution in [-0.2, 0) is 12.0 Å². The summed E-state index contributed by atoms with van der Waals surface area (Å²) < 4.78 is 11.0. The lowest BCUT2D eigenvalue weighted by atomic mass is 9.84. The van der Waals surface area contributed by atoms with Crippen molar-refractivity contribution in [2.24, 2.45) is 0 Å². The van der Waals surface area contributed by atoms with E-state index in [2.05, 4.69) is 24.3 Å². The maximum absolute atomic E-state index is 12.7. The van der Waals surface area contributed by atoms with Crippen LogP contribution in [0.2, 0.25) is 5.02 Å². The van der Waals surface area contributed by atoms with E-state index in [-0.39, 0.29) is 11.3 Å². The number of nitrogens with zero attached hydrogens (tertiary/aromatic N) is 1. The van der Waals surface area contributed by atoms with E-state index in [0.717, 1.165) is 22.6 Å². The Morgan fingerprint density at radius 3 is 2.55 bits per heavy atom. The molecule has 0 unspecified atom stereocenters. The Labute approximate surface area is 176 Å². The maximum atomic E-state index is 12.7. The van der Waals surface area contributed by atoms with Gasteiger partial charge in [-0.25, -0.2) is 0 Å². The number of hydrogen-bond acceptors (Lipinski definition) is 4. The van der Waals surface area contributed by atoms with Crippen LogP contribution in [0.1, 0.15) is 46.8 Å². The van der Waals surface area contributed by atoms with Gasteiger partial charge in [-0.05, 0) is 49.7 Å². The smallest absolute Gasteiger partial charge is 0.251 e. The highest BCUT2D eigenvalue weighted by atomic mass is 35.5. The summed E-state index contributed by atoms with van der Waals surface area (Å²) in [6.07, 6.45) is 0. The fourth-order valence-corrected chi connectivity index (χ4v) is 3.12. The molecule has 1 heterocycles. The molecule has 1 aromatic heterocycles. The molecule has 0 aliphatic carbocycles. The van der Waals surface area contributed by atoms with Crippen LogP contribution in [0, 0.1) is 13.8 Å². The molecule has 0 saturated carbocycles. The number of amides is 1. The molecule has 0 saturated heterocycles. The lowest BCUT2D eigenvalue weighted by Gasteiger charge is -2.25. The lowest BCUT2D eigenvalue weighted by molar-refractivity contribution is 0.0945. The largest absolute Gasteiger partial charge is 0.489 e. The highest BCUT2D eigenvalue weighted by Gasteiger charge is 2.22. The first kappa shape index (κ1) is 20.9. The first-order valence-electron chi connectivity index (χ1n) is 9.45. The minimum atomic E-state index is -0.225. The second-order valence-electron chi connectivity index (χ2n) is 7.69. The number of hydrogen-bond donors (Lipinski definition) is 1. The molecule has 1 amide bonds. The molecule has 2 aromatic carbocycles. The van der Waals surface area contributed by atoms with Gasteiger partial charge < -0.3 is 14.6 Å². The molecule has 29 heavy (non-hydrogen) atoms. The predicted molar refractivity (Wildman–Crippen MR) is 114 cm³/mol. The first-order chi connectivity index (χ1) is 13.8. The van der Waals surface area contributed by atoms with Crippen molar-refractivity contribution < 1.29 is 14.1 Å². The van der Waals surface area contributed by atoms with E-state index in [1.165, 1.54) is 0 Å². The van der Waals surface area contributed by atoms with E-state index < -0.39 is 0 Å². The predicted octanol–water partition coefficient (Wildman–Crippen LogP) is 5.23. The molecule has 0 fully saturated rings. The standard InChI is InChI=1S/C23H25ClN2O3/c1-15-21(16(2)29-26-15)13-28-20-7-5-6-17(12-20)22(27)25-14-23(3,4)18-8-10-19(24)11-9-18/h5-12H,13-14H2,1-4H3,(H,25,27). The molecule has 3 aromatic rings. The fourth-order valence-electron chi connectivity index (χ4n) is 3.00. The second kappa shape index (κ2) is 8.70. The average molecular weight is 413 g/mol. The summed E-state index contributed by atoms with van der Waals surface area (Å²) in [4.78, 5) is 12.7. The van der Waals surface area contributed by atoms with Gasteiger partial charge in [0.1, 0.15) is 18.1 Å². The lowest BCUT2D eigenvalue weighted by Crippen LogP contribution is -2.36. The highest BCUT2D eigenvalue weighted by molar-refractivity contribution is 6.30. The molecular weight excluding hydrogens is 388 g/mol. The Bertz CT molecular complexity index is 974. The van der Waals surface area contributed by atoms with Crippen LogP contribution in [0.3, 0.4) is 0 Å². The minimum absolute atomic E-state index is 0.144. The third-order valence-electron chi connectivity index (χ3n) is 4.98. The number of benzene rings is 2. The van der Waals surface area contributed by atoms with Gasteiger partial charge in [0, 0.05) is 22.5 Å². The fraction of sp³-hybridized carbons (Fsp3) is 0.304. The van der Waals surface area contributed by atoms with E-state index >= 15 is 0 Å². The van der Waals surface area contributed by atoms with E-state index in [4.69, 9.17) is 20.9 Å². The number of ether oxygens (including phenoxy) is 1. The van der Waals surface area contributed by atoms with E-state index in [0.29, 0.717) is 29.5 Å². The molecule has 1 N–H and O–H groups in total. The quantitative estimate of drug-likeness (QED) is 0.577. The molecule has 0 bridgehead atoms. The summed E-state index contributed by atoms with van der Waals surface area (Å²) in [6.45, 7) is 8.74. The van der Waals surface area contributed by atoms with E-state index in [1.54, 1.807) is 12.1 Å². The van der Waals surface area contributed by atoms with Crippen LogP contribution in [-0.4, -0.2) is 17.6 Å². The Morgan fingerprint density at radius 1 is 1.17 bits per heavy atom. The van der Waals surface area contributed by atoms with Gasteiger partial charge in [0.2, 0.25) is 0 Å². The van der Waals surface area contributed by atoms with Gasteiger partial charge in [0.25, 0.3) is 5.91 Å². The maximum Gasteiger partial charge on any atom is 0.251 e. The van der Waals surface area contributed by atoms with Gasteiger partial charge in [0.15, 0.2) is 0 Å². The Balaban J connectivity index is 1.62. The summed E-state index contributed by atoms with van der Waals surface area (Å²) in [6, 6.07) is 14.8. The van der Waals surface area contributed by atoms with Crippen molar-refractivity contribution in [3.05, 3.63) is 81.7 Å². The van der Waals surface area contributed by atoms with Gasteiger partial charge >= 0.3 is 0 Å². The number of nitrogens with one attached hydrogen (secondary N) is 1. The topological polar surface area (TPSA) is 64.4 Å². The van der Waals surface area contributed by atoms with E-state index in [1.807, 2.05) is 50.2 Å². The Hall–Kier alpha value is -2.79. The molecule has 0 spiro atoms. The van der Waals surface area contributed by atoms with Crippen molar-refractivity contribution >= 4 is 17.5 Å². The van der Waals surface area contributed by atoms with E-state index in [9.17, 15) is 4.79 Å². The molecule has 6 heteroatoms. The number of carbonyl (C=O) groups excluding carboxylic acids is 1. The van der Waals surface area contributed by atoms with Gasteiger partial charge in [-0.3, -0.25) is 4.79 Å². The molecular formula is C23H25ClN2O3. The van der Waals surface area contributed by atoms with Crippen LogP contribution in [0.4, 0.5) is 0 Å². The molecule has 0 radical (unpaired) electrons. The first-order valence-corrected chi connectivity index (χ1v) is 9.83. The number of aromatic nitrogens is 1. The van der Waals surface area contributed by atoms with Crippen molar-refractivity contribution in [2.75, 3.05) is 6.54 Å². The molecule has 5 nitrogen and oxygen atoms in total. The number of carbonyl (C=O) groups is 1. The normalized spacial score (nSPS) is 11.3. The summed E-state index contributed by atoms with van der Waals surface area (Å²) in [7, 11) is 0. The third kappa shape index (κ3) is 5.18. The molecule has 152 valence electrons. The SMILES string of the molecule is Cc1noc(C)c1COc1cccc(C(=O)NCC(C)(C)c2ccc(Cl)cc2)c1. The van der Waals surface area contributed by atoms with Crippen LogP contribution in [0.25, 0.3) is 0 Å². The molecule has 0 aliphatic rings. The van der Waals surface area contributed by atoms with Crippen molar-refractivity contribution in [1.82, 2.24) is 10.5 Å². The van der Waals surface area contributed by atoms with Gasteiger partial charge in [-0.1, -0.05) is 48.8 Å². The summed E-state index contributed by atoms with van der Waals surface area (Å²) in [5.41, 5.74) is 3.16. The second-order valence-corrected chi connectivity index (χ2v) is 8.13. The van der Waals surface area contributed by atoms with Crippen molar-refractivity contribution in [3.63, 3.8) is 0 Å². The van der Waals surface area contributed by atoms with Crippen LogP contribution >= 0.6 is 11.6 Å². The van der Waals surface area contributed by atoms with Crippen molar-refractivity contribution in [1.29, 1.82) is 0 Å². The summed E-state index contributed by atoms with van der Waals surface area (Å²) in [5, 5.41) is 7.64. The Morgan fingerprint density at radius 2 is 1.90 bits per heavy atom. The average Bonchev–Trinajstić information content (AvgIpc) is 3.02. The number of rotatable bonds is 7. The molecule has 0 aliphatic heterocycles. The third-order valence-corrected chi connectivity index (χ3v) is 5.23. The summed E-state index contributed by atoms with van der Waals surface area (Å²) >= 11 is 5.97. The summed E-state index contributed by atoms with van der Waals surface area (Å²) in [5.74, 6) is 1.21. The number of aryl methyl sites for hydroxylation is 2. The van der Waals surface area contributed by atoms with Gasteiger partial charge in [-0.15, -0.1) is 0 Å². The highest BCUT2D eigenvalue weighted by Crippen LogP contribution is 2.24. The van der Waals surface area contributed by atoms with Crippen molar-refractivity contribution in [3.8, 4) is 5.75 Å². The monoisotopic (exact) mass is 412 g/mol. The van der Waals surface area contributed by atoms with Crippen molar-refractivity contribution in [2.45, 2.75) is 39.7 Å². The zero-order valence-electron chi connectivity index (χ0n) is 17.1. The zero-order valence-corrected chi connectivity index (χ0v) is 17.8.